The first-order valence-corrected chi connectivity index (χ1v) is 10.2. The number of H-pyrrole nitrogens is 1. The average molecular weight is 456 g/mol. The van der Waals surface area contributed by atoms with E-state index in [0.29, 0.717) is 60.0 Å². The van der Waals surface area contributed by atoms with Crippen LogP contribution in [-0.2, 0) is 10.9 Å². The second-order valence-electron chi connectivity index (χ2n) is 7.43. The molecule has 0 aromatic carbocycles. The first-order valence-electron chi connectivity index (χ1n) is 10.2. The summed E-state index contributed by atoms with van der Waals surface area (Å²) in [6, 6.07) is 6.31. The summed E-state index contributed by atoms with van der Waals surface area (Å²) in [6.45, 7) is 2.28. The number of rotatable bonds is 4. The zero-order valence-corrected chi connectivity index (χ0v) is 17.6. The molecule has 1 aliphatic rings. The van der Waals surface area contributed by atoms with Gasteiger partial charge in [-0.15, -0.1) is 0 Å². The molecule has 0 radical (unpaired) electrons. The second-order valence-corrected chi connectivity index (χ2v) is 7.43. The lowest BCUT2D eigenvalue weighted by atomic mass is 9.99. The average Bonchev–Trinajstić information content (AvgIpc) is 3.37. The smallest absolute Gasteiger partial charge is 0.417 e. The van der Waals surface area contributed by atoms with Crippen LogP contribution in [0.2, 0.25) is 0 Å². The van der Waals surface area contributed by atoms with Crippen LogP contribution in [0.1, 0.15) is 5.56 Å². The van der Waals surface area contributed by atoms with Gasteiger partial charge in [-0.2, -0.15) is 18.3 Å². The van der Waals surface area contributed by atoms with E-state index in [1.54, 1.807) is 30.6 Å². The van der Waals surface area contributed by atoms with E-state index < -0.39 is 11.7 Å². The lowest BCUT2D eigenvalue weighted by Gasteiger charge is -2.28. The minimum Gasteiger partial charge on any atom is -0.481 e. The molecule has 1 N–H and O–H groups in total. The van der Waals surface area contributed by atoms with Crippen LogP contribution in [0.3, 0.4) is 0 Å². The van der Waals surface area contributed by atoms with Gasteiger partial charge in [0.25, 0.3) is 0 Å². The van der Waals surface area contributed by atoms with Crippen molar-refractivity contribution >= 4 is 16.7 Å². The van der Waals surface area contributed by atoms with E-state index >= 15 is 0 Å². The van der Waals surface area contributed by atoms with Crippen LogP contribution in [0.25, 0.3) is 33.4 Å². The van der Waals surface area contributed by atoms with Gasteiger partial charge in [0.1, 0.15) is 17.0 Å². The predicted octanol–water partition coefficient (Wildman–Crippen LogP) is 3.95. The molecule has 4 aromatic rings. The molecule has 0 bridgehead atoms. The molecule has 0 unspecified atom stereocenters. The molecule has 5 heterocycles. The highest BCUT2D eigenvalue weighted by molar-refractivity contribution is 6.02. The standard InChI is InChI=1S/C22H19F3N6O2/c1-32-21-16(10-13(12-27-21)22(23,24)25)15-11-18(31-6-8-33-9-7-31)29-19-14(15)2-4-26-20(19)17-3-5-28-30-17/h2-5,10-12H,6-9H2,1H3,(H,28,30). The maximum absolute atomic E-state index is 13.5. The molecule has 0 saturated carbocycles. The zero-order chi connectivity index (χ0) is 23.0. The number of aromatic nitrogens is 5. The number of pyridine rings is 3. The van der Waals surface area contributed by atoms with Gasteiger partial charge in [-0.3, -0.25) is 10.1 Å². The third-order valence-corrected chi connectivity index (χ3v) is 5.47. The summed E-state index contributed by atoms with van der Waals surface area (Å²) in [5.41, 5.74) is 1.59. The third-order valence-electron chi connectivity index (χ3n) is 5.47. The predicted molar refractivity (Wildman–Crippen MR) is 115 cm³/mol. The largest absolute Gasteiger partial charge is 0.481 e. The Morgan fingerprint density at radius 1 is 1.06 bits per heavy atom. The van der Waals surface area contributed by atoms with E-state index in [2.05, 4.69) is 20.2 Å². The lowest BCUT2D eigenvalue weighted by Crippen LogP contribution is -2.36. The van der Waals surface area contributed by atoms with Crippen molar-refractivity contribution in [3.63, 3.8) is 0 Å². The molecule has 1 aliphatic heterocycles. The monoisotopic (exact) mass is 456 g/mol. The summed E-state index contributed by atoms with van der Waals surface area (Å²) in [5.74, 6) is 0.692. The van der Waals surface area contributed by atoms with Crippen LogP contribution in [0.5, 0.6) is 5.88 Å². The molecule has 0 aliphatic carbocycles. The second kappa shape index (κ2) is 8.32. The highest BCUT2D eigenvalue weighted by Crippen LogP contribution is 2.40. The quantitative estimate of drug-likeness (QED) is 0.498. The SMILES string of the molecule is COc1ncc(C(F)(F)F)cc1-c1cc(N2CCOCC2)nc2c(-c3ccn[nH]3)nccc12. The number of hydrogen-bond acceptors (Lipinski definition) is 7. The van der Waals surface area contributed by atoms with Crippen LogP contribution >= 0.6 is 0 Å². The number of fused-ring (bicyclic) bond motifs is 1. The molecule has 1 fully saturated rings. The fraction of sp³-hybridized carbons (Fsp3) is 0.273. The molecule has 5 rings (SSSR count). The molecule has 1 saturated heterocycles. The Hall–Kier alpha value is -3.73. The van der Waals surface area contributed by atoms with Crippen molar-refractivity contribution in [1.29, 1.82) is 0 Å². The Kier molecular flexibility index (Phi) is 5.33. The van der Waals surface area contributed by atoms with Crippen LogP contribution in [0.15, 0.2) is 42.9 Å². The van der Waals surface area contributed by atoms with Gasteiger partial charge in [0, 0.05) is 48.2 Å². The van der Waals surface area contributed by atoms with Crippen LogP contribution in [0.4, 0.5) is 19.0 Å². The Morgan fingerprint density at radius 2 is 1.88 bits per heavy atom. The van der Waals surface area contributed by atoms with E-state index in [0.717, 1.165) is 12.3 Å². The fourth-order valence-corrected chi connectivity index (χ4v) is 3.86. The minimum absolute atomic E-state index is 0.0864. The van der Waals surface area contributed by atoms with Crippen molar-refractivity contribution in [2.75, 3.05) is 38.3 Å². The Balaban J connectivity index is 1.81. The molecule has 11 heteroatoms. The number of morpholine rings is 1. The summed E-state index contributed by atoms with van der Waals surface area (Å²) < 4.78 is 51.3. The van der Waals surface area contributed by atoms with Crippen molar-refractivity contribution < 1.29 is 22.6 Å². The fourth-order valence-electron chi connectivity index (χ4n) is 3.86. The lowest BCUT2D eigenvalue weighted by molar-refractivity contribution is -0.137. The zero-order valence-electron chi connectivity index (χ0n) is 17.6. The van der Waals surface area contributed by atoms with Crippen molar-refractivity contribution in [3.05, 3.63) is 48.4 Å². The van der Waals surface area contributed by atoms with Crippen LogP contribution in [-0.4, -0.2) is 58.6 Å². The number of halogens is 3. The number of anilines is 1. The molecule has 8 nitrogen and oxygen atoms in total. The summed E-state index contributed by atoms with van der Waals surface area (Å²) in [4.78, 5) is 15.3. The molecule has 4 aromatic heterocycles. The van der Waals surface area contributed by atoms with Crippen LogP contribution < -0.4 is 9.64 Å². The molecule has 0 spiro atoms. The first-order chi connectivity index (χ1) is 16.0. The van der Waals surface area contributed by atoms with Crippen molar-refractivity contribution in [3.8, 4) is 28.4 Å². The summed E-state index contributed by atoms with van der Waals surface area (Å²) in [7, 11) is 1.38. The van der Waals surface area contributed by atoms with Crippen molar-refractivity contribution in [1.82, 2.24) is 25.1 Å². The maximum Gasteiger partial charge on any atom is 0.417 e. The van der Waals surface area contributed by atoms with Crippen LogP contribution in [0, 0.1) is 0 Å². The summed E-state index contributed by atoms with van der Waals surface area (Å²) in [5, 5.41) is 7.49. The number of alkyl halides is 3. The van der Waals surface area contributed by atoms with Gasteiger partial charge in [-0.25, -0.2) is 9.97 Å². The van der Waals surface area contributed by atoms with Gasteiger partial charge in [-0.1, -0.05) is 0 Å². The van der Waals surface area contributed by atoms with Gasteiger partial charge in [-0.05, 0) is 24.3 Å². The molecule has 0 amide bonds. The highest BCUT2D eigenvalue weighted by atomic mass is 19.4. The Bertz CT molecular complexity index is 1290. The van der Waals surface area contributed by atoms with E-state index in [9.17, 15) is 13.2 Å². The minimum atomic E-state index is -4.55. The number of aromatic amines is 1. The molecular formula is C22H19F3N6O2. The molecular weight excluding hydrogens is 437 g/mol. The van der Waals surface area contributed by atoms with E-state index in [1.165, 1.54) is 7.11 Å². The van der Waals surface area contributed by atoms with Crippen molar-refractivity contribution in [2.45, 2.75) is 6.18 Å². The van der Waals surface area contributed by atoms with Gasteiger partial charge < -0.3 is 14.4 Å². The number of nitrogens with one attached hydrogen (secondary N) is 1. The number of methoxy groups -OCH3 is 1. The Labute approximate surface area is 186 Å². The summed E-state index contributed by atoms with van der Waals surface area (Å²) in [6.07, 6.45) is -0.591. The van der Waals surface area contributed by atoms with Gasteiger partial charge >= 0.3 is 6.18 Å². The van der Waals surface area contributed by atoms with Crippen molar-refractivity contribution in [2.24, 2.45) is 0 Å². The number of ether oxygens (including phenoxy) is 2. The number of nitrogens with zero attached hydrogens (tertiary/aromatic N) is 5. The molecule has 33 heavy (non-hydrogen) atoms. The van der Waals surface area contributed by atoms with E-state index in [1.807, 2.05) is 4.90 Å². The van der Waals surface area contributed by atoms with E-state index in [4.69, 9.17) is 14.5 Å². The topological polar surface area (TPSA) is 89.0 Å². The normalized spacial score (nSPS) is 14.6. The molecule has 170 valence electrons. The number of hydrogen-bond donors (Lipinski definition) is 1. The van der Waals surface area contributed by atoms with Gasteiger partial charge in [0.05, 0.1) is 31.6 Å². The molecule has 0 atom stereocenters. The van der Waals surface area contributed by atoms with Gasteiger partial charge in [0.2, 0.25) is 5.88 Å². The first kappa shape index (κ1) is 21.1. The highest BCUT2D eigenvalue weighted by Gasteiger charge is 2.32. The third kappa shape index (κ3) is 3.95. The van der Waals surface area contributed by atoms with Gasteiger partial charge in [0.15, 0.2) is 0 Å². The van der Waals surface area contributed by atoms with E-state index in [-0.39, 0.29) is 11.4 Å². The summed E-state index contributed by atoms with van der Waals surface area (Å²) >= 11 is 0. The Morgan fingerprint density at radius 3 is 2.58 bits per heavy atom. The maximum atomic E-state index is 13.5.